The third-order valence-corrected chi connectivity index (χ3v) is 9.72. The van der Waals surface area contributed by atoms with Gasteiger partial charge in [-0.15, -0.1) is 0 Å². The first-order valence-electron chi connectivity index (χ1n) is 16.1. The van der Waals surface area contributed by atoms with Crippen molar-refractivity contribution in [1.82, 2.24) is 5.32 Å². The highest BCUT2D eigenvalue weighted by Gasteiger charge is 2.55. The first kappa shape index (κ1) is 37.6. The molecule has 276 valence electrons. The van der Waals surface area contributed by atoms with Gasteiger partial charge in [-0.05, 0) is 18.9 Å². The van der Waals surface area contributed by atoms with Gasteiger partial charge in [0.05, 0.1) is 31.3 Å². The molecule has 5 aliphatic rings. The molecule has 16 atom stereocenters. The lowest BCUT2D eigenvalue weighted by Crippen LogP contribution is -2.69. The van der Waals surface area contributed by atoms with Crippen molar-refractivity contribution in [1.29, 1.82) is 0 Å². The smallest absolute Gasteiger partial charge is 0.252 e. The molecule has 3 heterocycles. The summed E-state index contributed by atoms with van der Waals surface area (Å²) in [6.07, 6.45) is -14.1. The molecule has 48 heavy (non-hydrogen) atoms. The Morgan fingerprint density at radius 3 is 2.12 bits per heavy atom. The zero-order valence-corrected chi connectivity index (χ0v) is 26.3. The average Bonchev–Trinajstić information content (AvgIpc) is 3.34. The number of amides is 1. The Morgan fingerprint density at radius 1 is 0.854 bits per heavy atom. The Balaban J connectivity index is 1.35. The van der Waals surface area contributed by atoms with E-state index in [4.69, 9.17) is 62.8 Å². The molecule has 20 nitrogen and oxygen atoms in total. The molecular formula is C28H51N7O13. The van der Waals surface area contributed by atoms with E-state index in [1.54, 1.807) is 6.08 Å². The van der Waals surface area contributed by atoms with E-state index >= 15 is 0 Å². The molecule has 2 aliphatic carbocycles. The van der Waals surface area contributed by atoms with E-state index in [9.17, 15) is 35.4 Å². The average molecular weight is 694 g/mol. The van der Waals surface area contributed by atoms with Gasteiger partial charge in [-0.25, -0.2) is 0 Å². The second-order valence-corrected chi connectivity index (χ2v) is 13.3. The number of aliphatic hydroxyl groups excluding tert-OH is 5. The fourth-order valence-corrected chi connectivity index (χ4v) is 6.80. The Labute approximate surface area is 276 Å². The monoisotopic (exact) mass is 693 g/mol. The maximum atomic E-state index is 13.0. The zero-order chi connectivity index (χ0) is 35.1. The van der Waals surface area contributed by atoms with Gasteiger partial charge in [0.25, 0.3) is 5.91 Å². The summed E-state index contributed by atoms with van der Waals surface area (Å²) in [5.74, 6) is -0.314. The number of nitrogens with one attached hydrogen (secondary N) is 1. The van der Waals surface area contributed by atoms with Gasteiger partial charge in [0.15, 0.2) is 12.6 Å². The van der Waals surface area contributed by atoms with Crippen LogP contribution in [-0.2, 0) is 33.2 Å². The Morgan fingerprint density at radius 2 is 1.50 bits per heavy atom. The molecule has 0 radical (unpaired) electrons. The maximum absolute atomic E-state index is 13.0. The van der Waals surface area contributed by atoms with Crippen LogP contribution in [0.4, 0.5) is 0 Å². The topological polar surface area (TPSA) is 362 Å². The van der Waals surface area contributed by atoms with Crippen LogP contribution in [0.25, 0.3) is 0 Å². The van der Waals surface area contributed by atoms with Gasteiger partial charge in [0.1, 0.15) is 66.3 Å². The Bertz CT molecular complexity index is 1140. The van der Waals surface area contributed by atoms with Crippen LogP contribution in [0.5, 0.6) is 0 Å². The minimum absolute atomic E-state index is 0.0203. The minimum Gasteiger partial charge on any atom is -0.467 e. The predicted octanol–water partition coefficient (Wildman–Crippen LogP) is -7.70. The number of nitrogens with two attached hydrogens (primary N) is 6. The molecule has 0 aromatic heterocycles. The van der Waals surface area contributed by atoms with E-state index in [-0.39, 0.29) is 38.4 Å². The molecule has 5 rings (SSSR count). The lowest BCUT2D eigenvalue weighted by atomic mass is 9.75. The van der Waals surface area contributed by atoms with Gasteiger partial charge in [-0.3, -0.25) is 4.79 Å². The highest BCUT2D eigenvalue weighted by atomic mass is 16.8. The number of carbonyl (C=O) groups is 1. The van der Waals surface area contributed by atoms with Gasteiger partial charge < -0.3 is 98.8 Å². The van der Waals surface area contributed by atoms with Gasteiger partial charge in [0.2, 0.25) is 6.29 Å². The molecule has 1 amide bonds. The van der Waals surface area contributed by atoms with Crippen LogP contribution >= 0.6 is 0 Å². The van der Waals surface area contributed by atoms with Gasteiger partial charge >= 0.3 is 0 Å². The van der Waals surface area contributed by atoms with Crippen molar-refractivity contribution in [2.75, 3.05) is 19.7 Å². The number of ether oxygens (including phenoxy) is 6. The highest BCUT2D eigenvalue weighted by Crippen LogP contribution is 2.36. The van der Waals surface area contributed by atoms with Gasteiger partial charge in [-0.2, -0.15) is 0 Å². The van der Waals surface area contributed by atoms with Gasteiger partial charge in [0, 0.05) is 31.5 Å². The Kier molecular flexibility index (Phi) is 12.0. The summed E-state index contributed by atoms with van der Waals surface area (Å²) in [4.78, 5) is 13.0. The van der Waals surface area contributed by atoms with Gasteiger partial charge in [-0.1, -0.05) is 0 Å². The third-order valence-electron chi connectivity index (χ3n) is 9.72. The molecular weight excluding hydrogens is 642 g/mol. The van der Waals surface area contributed by atoms with Crippen molar-refractivity contribution in [3.63, 3.8) is 0 Å². The van der Waals surface area contributed by atoms with E-state index in [1.807, 2.05) is 0 Å². The molecule has 4 fully saturated rings. The summed E-state index contributed by atoms with van der Waals surface area (Å²) in [5.41, 5.74) is 34.3. The lowest BCUT2D eigenvalue weighted by molar-refractivity contribution is -0.282. The molecule has 0 spiro atoms. The highest BCUT2D eigenvalue weighted by molar-refractivity contribution is 5.86. The normalized spacial score (nSPS) is 49.5. The molecule has 20 heteroatoms. The van der Waals surface area contributed by atoms with Crippen LogP contribution in [0.1, 0.15) is 25.7 Å². The van der Waals surface area contributed by atoms with Crippen molar-refractivity contribution in [3.05, 3.63) is 11.8 Å². The number of rotatable bonds is 11. The molecule has 2 saturated carbocycles. The van der Waals surface area contributed by atoms with Crippen molar-refractivity contribution in [2.45, 2.75) is 135 Å². The zero-order valence-electron chi connectivity index (χ0n) is 26.3. The lowest BCUT2D eigenvalue weighted by Gasteiger charge is -2.47. The molecule has 2 saturated heterocycles. The van der Waals surface area contributed by atoms with Crippen LogP contribution < -0.4 is 39.7 Å². The summed E-state index contributed by atoms with van der Waals surface area (Å²) in [7, 11) is 0. The second kappa shape index (κ2) is 15.3. The molecule has 0 aromatic carbocycles. The summed E-state index contributed by atoms with van der Waals surface area (Å²) >= 11 is 0. The van der Waals surface area contributed by atoms with Crippen LogP contribution in [0.15, 0.2) is 11.8 Å². The van der Waals surface area contributed by atoms with E-state index in [0.717, 1.165) is 0 Å². The van der Waals surface area contributed by atoms with Crippen LogP contribution in [-0.4, -0.2) is 166 Å². The molecule has 3 aliphatic heterocycles. The summed E-state index contributed by atoms with van der Waals surface area (Å²) in [5, 5.41) is 66.9. The number of hydrogen-bond acceptors (Lipinski definition) is 19. The molecule has 0 aromatic rings. The van der Waals surface area contributed by atoms with E-state index in [0.29, 0.717) is 12.2 Å². The largest absolute Gasteiger partial charge is 0.467 e. The Hall–Kier alpha value is -1.67. The van der Waals surface area contributed by atoms with Crippen LogP contribution in [0.2, 0.25) is 0 Å². The van der Waals surface area contributed by atoms with Crippen molar-refractivity contribution in [2.24, 2.45) is 34.4 Å². The quantitative estimate of drug-likeness (QED) is 0.0955. The van der Waals surface area contributed by atoms with E-state index < -0.39 is 116 Å². The van der Waals surface area contributed by atoms with E-state index in [2.05, 4.69) is 5.32 Å². The van der Waals surface area contributed by atoms with Crippen molar-refractivity contribution < 1.29 is 63.9 Å². The fraction of sp³-hybridized carbons (Fsp3) is 0.893. The van der Waals surface area contributed by atoms with Crippen LogP contribution in [0, 0.1) is 0 Å². The standard InChI is InChI=1S/C28H51N7O13/c29-6-10-1-2-11(32)24(43-10)46-21-12(33)3-13(35-27(41)28(42)4-9(31)5-28)17(37)23(21)48-26-20(40)22(15(8-36)45-26)47-25-16(34)19(39)18(38)14(7-30)44-25/h1,9,11-26,36-40,42H,2-8,29-34H2,(H,35,41)/t9?,11-,12+,13-,14+,15-,16-,17+,18-,19-,20-,21-,22-,23-,24-,25-,26+,28?/m1/s1. The summed E-state index contributed by atoms with van der Waals surface area (Å²) in [6, 6.07) is -4.22. The fourth-order valence-electron chi connectivity index (χ4n) is 6.80. The number of hydrogen-bond donors (Lipinski definition) is 13. The summed E-state index contributed by atoms with van der Waals surface area (Å²) < 4.78 is 35.4. The SMILES string of the molecule is NCC1=CC[C@@H](N)[C@@H](O[C@H]2[C@H](O[C@@H]3O[C@H](CO)[C@@H](O[C@H]4O[C@@H](CN)[C@@H](O)[C@H](O)[C@H]4N)[C@H]3O)[C@@H](O)[C@H](NC(=O)C3(O)CC(N)C3)C[C@@H]2N)O1. The second-order valence-electron chi connectivity index (χ2n) is 13.3. The predicted molar refractivity (Wildman–Crippen MR) is 161 cm³/mol. The molecule has 0 bridgehead atoms. The summed E-state index contributed by atoms with van der Waals surface area (Å²) in [6.45, 7) is -0.765. The number of aliphatic hydroxyl groups is 6. The maximum Gasteiger partial charge on any atom is 0.252 e. The first-order valence-corrected chi connectivity index (χ1v) is 16.1. The minimum atomic E-state index is -1.71. The van der Waals surface area contributed by atoms with Crippen LogP contribution in [0.3, 0.4) is 0 Å². The van der Waals surface area contributed by atoms with Crippen molar-refractivity contribution in [3.8, 4) is 0 Å². The molecule has 0 unspecified atom stereocenters. The number of carbonyl (C=O) groups excluding carboxylic acids is 1. The van der Waals surface area contributed by atoms with E-state index in [1.165, 1.54) is 0 Å². The first-order chi connectivity index (χ1) is 22.7. The van der Waals surface area contributed by atoms with Crippen molar-refractivity contribution >= 4 is 5.91 Å². The molecule has 19 N–H and O–H groups in total. The third kappa shape index (κ3) is 7.50.